The molecule has 5 nitrogen and oxygen atoms in total. The van der Waals surface area contributed by atoms with Crippen molar-refractivity contribution in [2.24, 2.45) is 0 Å². The number of hydrogen-bond acceptors (Lipinski definition) is 5. The Hall–Kier alpha value is -1.55. The zero-order chi connectivity index (χ0) is 18.2. The first-order chi connectivity index (χ1) is 12.7. The fourth-order valence-corrected chi connectivity index (χ4v) is 4.80. The average Bonchev–Trinajstić information content (AvgIpc) is 2.70. The van der Waals surface area contributed by atoms with Crippen LogP contribution in [0.25, 0.3) is 0 Å². The first-order valence-corrected chi connectivity index (χ1v) is 10.7. The minimum absolute atomic E-state index is 0.0491. The summed E-state index contributed by atoms with van der Waals surface area (Å²) in [6.45, 7) is 5.59. The van der Waals surface area contributed by atoms with Crippen molar-refractivity contribution in [3.05, 3.63) is 29.8 Å². The van der Waals surface area contributed by atoms with Crippen LogP contribution in [0.1, 0.15) is 31.2 Å². The number of carbonyl (C=O) groups is 1. The Morgan fingerprint density at radius 1 is 1.15 bits per heavy atom. The summed E-state index contributed by atoms with van der Waals surface area (Å²) in [7, 11) is 0. The van der Waals surface area contributed by atoms with E-state index in [-0.39, 0.29) is 5.91 Å². The van der Waals surface area contributed by atoms with Crippen molar-refractivity contribution < 1.29 is 4.79 Å². The molecule has 140 valence electrons. The number of rotatable bonds is 6. The highest BCUT2D eigenvalue weighted by molar-refractivity contribution is 7.99. The number of carbonyl (C=O) groups excluding carboxylic acids is 1. The Morgan fingerprint density at radius 3 is 2.50 bits per heavy atom. The molecule has 26 heavy (non-hydrogen) atoms. The molecular weight excluding hydrogens is 344 g/mol. The summed E-state index contributed by atoms with van der Waals surface area (Å²) in [4.78, 5) is 17.2. The second-order valence-electron chi connectivity index (χ2n) is 7.06. The van der Waals surface area contributed by atoms with Crippen LogP contribution in [0.15, 0.2) is 24.3 Å². The van der Waals surface area contributed by atoms with E-state index >= 15 is 0 Å². The number of benzene rings is 1. The van der Waals surface area contributed by atoms with Gasteiger partial charge in [-0.3, -0.25) is 9.69 Å². The zero-order valence-electron chi connectivity index (χ0n) is 15.3. The molecule has 2 aliphatic rings. The summed E-state index contributed by atoms with van der Waals surface area (Å²) in [5.41, 5.74) is 1.36. The third kappa shape index (κ3) is 5.73. The van der Waals surface area contributed by atoms with Gasteiger partial charge in [0, 0.05) is 44.3 Å². The molecule has 0 unspecified atom stereocenters. The van der Waals surface area contributed by atoms with E-state index < -0.39 is 0 Å². The molecule has 0 aromatic heterocycles. The van der Waals surface area contributed by atoms with Crippen molar-refractivity contribution in [2.75, 3.05) is 49.5 Å². The van der Waals surface area contributed by atoms with Gasteiger partial charge in [0.15, 0.2) is 0 Å². The average molecular weight is 373 g/mol. The third-order valence-electron chi connectivity index (χ3n) is 5.29. The number of amides is 1. The van der Waals surface area contributed by atoms with Crippen molar-refractivity contribution in [3.8, 4) is 6.07 Å². The van der Waals surface area contributed by atoms with Crippen molar-refractivity contribution in [1.82, 2.24) is 9.80 Å². The molecule has 0 radical (unpaired) electrons. The van der Waals surface area contributed by atoms with Gasteiger partial charge >= 0.3 is 0 Å². The van der Waals surface area contributed by atoms with Gasteiger partial charge in [0.1, 0.15) is 0 Å². The number of hydrogen-bond donors (Lipinski definition) is 1. The third-order valence-corrected chi connectivity index (χ3v) is 6.34. The SMILES string of the molecule is N#Cc1ccc(NC(=O)CCCN2CCN(C3CCSCC3)CC2)cc1. The van der Waals surface area contributed by atoms with Gasteiger partial charge in [-0.15, -0.1) is 0 Å². The molecule has 0 saturated carbocycles. The molecule has 0 atom stereocenters. The smallest absolute Gasteiger partial charge is 0.224 e. The Morgan fingerprint density at radius 2 is 1.85 bits per heavy atom. The highest BCUT2D eigenvalue weighted by Gasteiger charge is 2.25. The minimum atomic E-state index is 0.0491. The van der Waals surface area contributed by atoms with E-state index in [0.717, 1.165) is 37.8 Å². The monoisotopic (exact) mass is 372 g/mol. The Balaban J connectivity index is 1.31. The van der Waals surface area contributed by atoms with E-state index in [1.165, 1.54) is 37.4 Å². The molecule has 2 saturated heterocycles. The number of nitrogens with one attached hydrogen (secondary N) is 1. The maximum atomic E-state index is 12.1. The summed E-state index contributed by atoms with van der Waals surface area (Å²) in [6.07, 6.45) is 4.13. The van der Waals surface area contributed by atoms with Gasteiger partial charge in [0.2, 0.25) is 5.91 Å². The van der Waals surface area contributed by atoms with Gasteiger partial charge in [-0.2, -0.15) is 17.0 Å². The van der Waals surface area contributed by atoms with Gasteiger partial charge in [-0.05, 0) is 61.6 Å². The number of thioether (sulfide) groups is 1. The van der Waals surface area contributed by atoms with Gasteiger partial charge < -0.3 is 10.2 Å². The zero-order valence-corrected chi connectivity index (χ0v) is 16.1. The lowest BCUT2D eigenvalue weighted by Crippen LogP contribution is -2.51. The van der Waals surface area contributed by atoms with E-state index in [9.17, 15) is 4.79 Å². The highest BCUT2D eigenvalue weighted by Crippen LogP contribution is 2.22. The second kappa shape index (κ2) is 9.96. The molecule has 0 aliphatic carbocycles. The van der Waals surface area contributed by atoms with Gasteiger partial charge in [0.25, 0.3) is 0 Å². The number of nitriles is 1. The van der Waals surface area contributed by atoms with E-state index in [2.05, 4.69) is 32.9 Å². The molecule has 3 rings (SSSR count). The van der Waals surface area contributed by atoms with E-state index in [4.69, 9.17) is 5.26 Å². The molecule has 0 spiro atoms. The molecule has 2 aliphatic heterocycles. The fourth-order valence-electron chi connectivity index (χ4n) is 3.72. The fraction of sp³-hybridized carbons (Fsp3) is 0.600. The largest absolute Gasteiger partial charge is 0.326 e. The molecule has 6 heteroatoms. The molecule has 1 aromatic rings. The van der Waals surface area contributed by atoms with Crippen LogP contribution in [0.5, 0.6) is 0 Å². The summed E-state index contributed by atoms with van der Waals surface area (Å²) >= 11 is 2.09. The maximum Gasteiger partial charge on any atom is 0.224 e. The lowest BCUT2D eigenvalue weighted by Gasteiger charge is -2.40. The van der Waals surface area contributed by atoms with Crippen LogP contribution in [0.2, 0.25) is 0 Å². The van der Waals surface area contributed by atoms with Crippen molar-refractivity contribution in [3.63, 3.8) is 0 Å². The van der Waals surface area contributed by atoms with Crippen LogP contribution >= 0.6 is 11.8 Å². The topological polar surface area (TPSA) is 59.4 Å². The van der Waals surface area contributed by atoms with Crippen LogP contribution in [0, 0.1) is 11.3 Å². The minimum Gasteiger partial charge on any atom is -0.326 e. The Labute approximate surface area is 160 Å². The van der Waals surface area contributed by atoms with Crippen LogP contribution in [0.3, 0.4) is 0 Å². The normalized spacial score (nSPS) is 19.8. The molecule has 0 bridgehead atoms. The molecule has 1 N–H and O–H groups in total. The summed E-state index contributed by atoms with van der Waals surface area (Å²) in [5.74, 6) is 2.69. The lowest BCUT2D eigenvalue weighted by atomic mass is 10.1. The Kier molecular flexibility index (Phi) is 7.36. The van der Waals surface area contributed by atoms with Gasteiger partial charge in [-0.25, -0.2) is 0 Å². The van der Waals surface area contributed by atoms with Crippen molar-refractivity contribution in [1.29, 1.82) is 5.26 Å². The van der Waals surface area contributed by atoms with Gasteiger partial charge in [0.05, 0.1) is 11.6 Å². The molecule has 2 heterocycles. The number of anilines is 1. The van der Waals surface area contributed by atoms with Gasteiger partial charge in [-0.1, -0.05) is 0 Å². The van der Waals surface area contributed by atoms with Crippen LogP contribution < -0.4 is 5.32 Å². The number of nitrogens with zero attached hydrogens (tertiary/aromatic N) is 3. The standard InChI is InChI=1S/C20H28N4OS/c21-16-17-3-5-18(6-4-17)22-20(25)2-1-9-23-10-12-24(13-11-23)19-7-14-26-15-8-19/h3-6,19H,1-2,7-15H2,(H,22,25). The lowest BCUT2D eigenvalue weighted by molar-refractivity contribution is -0.116. The first kappa shape index (κ1) is 19.2. The van der Waals surface area contributed by atoms with Crippen molar-refractivity contribution in [2.45, 2.75) is 31.7 Å². The van der Waals surface area contributed by atoms with Crippen LogP contribution in [-0.4, -0.2) is 66.0 Å². The highest BCUT2D eigenvalue weighted by atomic mass is 32.2. The van der Waals surface area contributed by atoms with E-state index in [0.29, 0.717) is 12.0 Å². The van der Waals surface area contributed by atoms with Crippen molar-refractivity contribution >= 4 is 23.4 Å². The summed E-state index contributed by atoms with van der Waals surface area (Å²) in [6, 6.07) is 9.88. The molecular formula is C20H28N4OS. The predicted octanol–water partition coefficient (Wildman–Crippen LogP) is 2.79. The summed E-state index contributed by atoms with van der Waals surface area (Å²) in [5, 5.41) is 11.7. The quantitative estimate of drug-likeness (QED) is 0.832. The molecule has 1 aromatic carbocycles. The predicted molar refractivity (Wildman–Crippen MR) is 107 cm³/mol. The molecule has 1 amide bonds. The maximum absolute atomic E-state index is 12.1. The molecule has 2 fully saturated rings. The first-order valence-electron chi connectivity index (χ1n) is 9.59. The Bertz CT molecular complexity index is 614. The number of piperazine rings is 1. The van der Waals surface area contributed by atoms with E-state index in [1.54, 1.807) is 24.3 Å². The van der Waals surface area contributed by atoms with Crippen LogP contribution in [0.4, 0.5) is 5.69 Å². The second-order valence-corrected chi connectivity index (χ2v) is 8.29. The van der Waals surface area contributed by atoms with Crippen LogP contribution in [-0.2, 0) is 4.79 Å². The van der Waals surface area contributed by atoms with E-state index in [1.807, 2.05) is 0 Å². The summed E-state index contributed by atoms with van der Waals surface area (Å²) < 4.78 is 0.